The topological polar surface area (TPSA) is 44.5 Å². The molecule has 0 bridgehead atoms. The highest BCUT2D eigenvalue weighted by Gasteiger charge is 2.19. The van der Waals surface area contributed by atoms with E-state index in [-0.39, 0.29) is 6.29 Å². The van der Waals surface area contributed by atoms with Crippen molar-refractivity contribution in [1.82, 2.24) is 5.16 Å². The maximum absolute atomic E-state index is 5.89. The predicted octanol–water partition coefficient (Wildman–Crippen LogP) is 4.80. The van der Waals surface area contributed by atoms with Crippen LogP contribution in [0.3, 0.4) is 0 Å². The number of halogens is 2. The molecule has 2 heterocycles. The van der Waals surface area contributed by atoms with Gasteiger partial charge >= 0.3 is 0 Å². The van der Waals surface area contributed by atoms with Crippen LogP contribution in [0.2, 0.25) is 5.02 Å². The van der Waals surface area contributed by atoms with Gasteiger partial charge in [-0.3, -0.25) is 0 Å². The summed E-state index contributed by atoms with van der Waals surface area (Å²) < 4.78 is 17.5. The van der Waals surface area contributed by atoms with E-state index in [1.807, 2.05) is 24.3 Å². The number of hydrogen-bond donors (Lipinski definition) is 0. The molecule has 1 atom stereocenters. The van der Waals surface area contributed by atoms with Crippen molar-refractivity contribution < 1.29 is 14.0 Å². The minimum absolute atomic E-state index is 0.138. The number of benzene rings is 1. The quantitative estimate of drug-likeness (QED) is 0.773. The second-order valence-electron chi connectivity index (χ2n) is 4.89. The van der Waals surface area contributed by atoms with Crippen molar-refractivity contribution in [2.75, 3.05) is 6.61 Å². The van der Waals surface area contributed by atoms with E-state index in [1.165, 1.54) is 0 Å². The van der Waals surface area contributed by atoms with Crippen LogP contribution >= 0.6 is 27.5 Å². The number of nitrogens with zero attached hydrogens (tertiary/aromatic N) is 1. The molecule has 1 unspecified atom stereocenters. The Balaban J connectivity index is 1.68. The van der Waals surface area contributed by atoms with E-state index in [2.05, 4.69) is 21.1 Å². The molecule has 1 saturated heterocycles. The zero-order valence-electron chi connectivity index (χ0n) is 11.4. The lowest BCUT2D eigenvalue weighted by Gasteiger charge is -2.22. The summed E-state index contributed by atoms with van der Waals surface area (Å²) >= 11 is 9.41. The fourth-order valence-corrected chi connectivity index (χ4v) is 2.81. The molecule has 0 amide bonds. The zero-order chi connectivity index (χ0) is 14.7. The largest absolute Gasteiger partial charge is 0.355 e. The molecule has 0 saturated carbocycles. The summed E-state index contributed by atoms with van der Waals surface area (Å²) in [6.45, 7) is 1.13. The van der Waals surface area contributed by atoms with E-state index in [1.54, 1.807) is 0 Å². The van der Waals surface area contributed by atoms with Crippen molar-refractivity contribution in [2.45, 2.75) is 32.2 Å². The van der Waals surface area contributed by atoms with E-state index in [9.17, 15) is 0 Å². The number of rotatable bonds is 4. The van der Waals surface area contributed by atoms with Crippen LogP contribution in [0, 0.1) is 0 Å². The molecule has 6 heteroatoms. The van der Waals surface area contributed by atoms with Crippen molar-refractivity contribution in [2.24, 2.45) is 0 Å². The van der Waals surface area contributed by atoms with Crippen molar-refractivity contribution in [1.29, 1.82) is 0 Å². The van der Waals surface area contributed by atoms with Gasteiger partial charge in [0.05, 0.1) is 11.1 Å². The molecule has 1 aliphatic rings. The van der Waals surface area contributed by atoms with E-state index >= 15 is 0 Å². The predicted molar refractivity (Wildman–Crippen MR) is 83.0 cm³/mol. The van der Waals surface area contributed by atoms with Gasteiger partial charge in [0, 0.05) is 17.2 Å². The van der Waals surface area contributed by atoms with Gasteiger partial charge in [0.15, 0.2) is 12.1 Å². The molecule has 3 rings (SSSR count). The van der Waals surface area contributed by atoms with Crippen LogP contribution in [0.5, 0.6) is 0 Å². The average Bonchev–Trinajstić information content (AvgIpc) is 2.88. The molecule has 4 nitrogen and oxygen atoms in total. The molecule has 0 aliphatic carbocycles. The Bertz CT molecular complexity index is 593. The average molecular weight is 373 g/mol. The lowest BCUT2D eigenvalue weighted by molar-refractivity contribution is -0.169. The standard InChI is InChI=1S/C15H15BrClNO3/c16-14-12(9-20-13-3-1-2-8-19-13)18-21-15(14)10-4-6-11(17)7-5-10/h4-7,13H,1-3,8-9H2. The fraction of sp³-hybridized carbons (Fsp3) is 0.400. The van der Waals surface area contributed by atoms with Crippen LogP contribution < -0.4 is 0 Å². The van der Waals surface area contributed by atoms with Gasteiger partial charge < -0.3 is 14.0 Å². The molecule has 112 valence electrons. The molecule has 1 aliphatic heterocycles. The summed E-state index contributed by atoms with van der Waals surface area (Å²) in [7, 11) is 0. The van der Waals surface area contributed by atoms with Crippen LogP contribution in [0.25, 0.3) is 11.3 Å². The second-order valence-corrected chi connectivity index (χ2v) is 6.12. The van der Waals surface area contributed by atoms with Crippen molar-refractivity contribution in [3.05, 3.63) is 39.5 Å². The Kier molecular flexibility index (Phi) is 4.95. The molecule has 0 radical (unpaired) electrons. The first-order valence-corrected chi connectivity index (χ1v) is 8.04. The molecule has 0 spiro atoms. The monoisotopic (exact) mass is 371 g/mol. The van der Waals surface area contributed by atoms with E-state index in [0.717, 1.165) is 41.6 Å². The van der Waals surface area contributed by atoms with Crippen LogP contribution in [-0.2, 0) is 16.1 Å². The first kappa shape index (κ1) is 15.0. The smallest absolute Gasteiger partial charge is 0.181 e. The molecule has 2 aromatic rings. The first-order chi connectivity index (χ1) is 10.2. The van der Waals surface area contributed by atoms with Gasteiger partial charge in [-0.15, -0.1) is 0 Å². The molecule has 0 N–H and O–H groups in total. The second kappa shape index (κ2) is 6.92. The number of ether oxygens (including phenoxy) is 2. The summed E-state index contributed by atoms with van der Waals surface area (Å²) in [6, 6.07) is 7.42. The van der Waals surface area contributed by atoms with E-state index in [4.69, 9.17) is 25.6 Å². The summed E-state index contributed by atoms with van der Waals surface area (Å²) in [5.41, 5.74) is 1.65. The van der Waals surface area contributed by atoms with Gasteiger partial charge in [-0.1, -0.05) is 16.8 Å². The minimum atomic E-state index is -0.138. The highest BCUT2D eigenvalue weighted by Crippen LogP contribution is 2.32. The van der Waals surface area contributed by atoms with E-state index in [0.29, 0.717) is 17.4 Å². The Morgan fingerprint density at radius 3 is 2.81 bits per heavy atom. The van der Waals surface area contributed by atoms with Crippen LogP contribution in [-0.4, -0.2) is 18.1 Å². The lowest BCUT2D eigenvalue weighted by Crippen LogP contribution is -2.22. The van der Waals surface area contributed by atoms with E-state index < -0.39 is 0 Å². The summed E-state index contributed by atoms with van der Waals surface area (Å²) in [5, 5.41) is 4.75. The third-order valence-electron chi connectivity index (χ3n) is 3.35. The van der Waals surface area contributed by atoms with Crippen molar-refractivity contribution in [3.8, 4) is 11.3 Å². The summed E-state index contributed by atoms with van der Waals surface area (Å²) in [5.74, 6) is 0.676. The SMILES string of the molecule is Clc1ccc(-c2onc(COC3CCCCO3)c2Br)cc1. The van der Waals surface area contributed by atoms with Crippen LogP contribution in [0.15, 0.2) is 33.3 Å². The molecule has 1 aromatic heterocycles. The van der Waals surface area contributed by atoms with Gasteiger partial charge in [-0.2, -0.15) is 0 Å². The van der Waals surface area contributed by atoms with Gasteiger partial charge in [-0.25, -0.2) is 0 Å². The normalized spacial score (nSPS) is 18.9. The Hall–Kier alpha value is -0.880. The first-order valence-electron chi connectivity index (χ1n) is 6.87. The van der Waals surface area contributed by atoms with Crippen molar-refractivity contribution >= 4 is 27.5 Å². The zero-order valence-corrected chi connectivity index (χ0v) is 13.7. The van der Waals surface area contributed by atoms with Crippen LogP contribution in [0.1, 0.15) is 25.0 Å². The Morgan fingerprint density at radius 2 is 2.10 bits per heavy atom. The third kappa shape index (κ3) is 3.66. The Morgan fingerprint density at radius 1 is 1.29 bits per heavy atom. The molecule has 1 aromatic carbocycles. The summed E-state index contributed by atoms with van der Waals surface area (Å²) in [4.78, 5) is 0. The molecule has 1 fully saturated rings. The minimum Gasteiger partial charge on any atom is -0.355 e. The molecule has 21 heavy (non-hydrogen) atoms. The number of hydrogen-bond acceptors (Lipinski definition) is 4. The van der Waals surface area contributed by atoms with Gasteiger partial charge in [-0.05, 0) is 59.5 Å². The number of aromatic nitrogens is 1. The maximum atomic E-state index is 5.89. The maximum Gasteiger partial charge on any atom is 0.181 e. The molecular weight excluding hydrogens is 358 g/mol. The van der Waals surface area contributed by atoms with Crippen molar-refractivity contribution in [3.63, 3.8) is 0 Å². The molecular formula is C15H15BrClNO3. The highest BCUT2D eigenvalue weighted by atomic mass is 79.9. The highest BCUT2D eigenvalue weighted by molar-refractivity contribution is 9.10. The van der Waals surface area contributed by atoms with Gasteiger partial charge in [0.1, 0.15) is 5.69 Å². The summed E-state index contributed by atoms with van der Waals surface area (Å²) in [6.07, 6.45) is 3.04. The van der Waals surface area contributed by atoms with Crippen LogP contribution in [0.4, 0.5) is 0 Å². The van der Waals surface area contributed by atoms with Gasteiger partial charge in [0.2, 0.25) is 0 Å². The third-order valence-corrected chi connectivity index (χ3v) is 4.42. The van der Waals surface area contributed by atoms with Gasteiger partial charge in [0.25, 0.3) is 0 Å². The Labute approximate surface area is 136 Å². The fourth-order valence-electron chi connectivity index (χ4n) is 2.20. The lowest BCUT2D eigenvalue weighted by atomic mass is 10.1.